The molecule has 0 aliphatic carbocycles. The fraction of sp³-hybridized carbons (Fsp3) is 0.429. The summed E-state index contributed by atoms with van der Waals surface area (Å²) in [6, 6.07) is 6.54. The molecule has 1 amide bonds. The summed E-state index contributed by atoms with van der Waals surface area (Å²) in [4.78, 5) is 24.1. The molecular weight excluding hydrogens is 326 g/mol. The van der Waals surface area contributed by atoms with Crippen LogP contribution in [0.4, 0.5) is 0 Å². The lowest BCUT2D eigenvalue weighted by Crippen LogP contribution is -2.42. The number of halogens is 1. The Balaban J connectivity index is 2.45. The minimum absolute atomic E-state index is 0.146. The Labute approximate surface area is 126 Å². The molecule has 1 unspecified atom stereocenters. The van der Waals surface area contributed by atoms with Gasteiger partial charge in [0.15, 0.2) is 0 Å². The number of aliphatic carboxylic acids is 1. The topological polar surface area (TPSA) is 66.8 Å². The van der Waals surface area contributed by atoms with Crippen molar-refractivity contribution in [3.05, 3.63) is 28.7 Å². The first-order chi connectivity index (χ1) is 9.45. The van der Waals surface area contributed by atoms with Crippen molar-refractivity contribution < 1.29 is 19.4 Å². The zero-order chi connectivity index (χ0) is 15.1. The van der Waals surface area contributed by atoms with Gasteiger partial charge in [0.1, 0.15) is 11.8 Å². The van der Waals surface area contributed by atoms with Gasteiger partial charge in [-0.25, -0.2) is 4.79 Å². The molecule has 20 heavy (non-hydrogen) atoms. The third kappa shape index (κ3) is 4.85. The summed E-state index contributed by atoms with van der Waals surface area (Å²) in [7, 11) is 1.50. The Bertz CT molecular complexity index is 478. The van der Waals surface area contributed by atoms with Crippen LogP contribution < -0.4 is 4.74 Å². The third-order valence-corrected chi connectivity index (χ3v) is 3.41. The quantitative estimate of drug-likeness (QED) is 0.826. The minimum atomic E-state index is -0.990. The van der Waals surface area contributed by atoms with Crippen LogP contribution in [0.5, 0.6) is 5.75 Å². The average Bonchev–Trinajstić information content (AvgIpc) is 2.38. The first-order valence-corrected chi connectivity index (χ1v) is 7.11. The SMILES string of the molecule is CCC(C(=O)O)N(C)C(=O)CCOc1cccc(Br)c1. The molecule has 0 radical (unpaired) electrons. The van der Waals surface area contributed by atoms with Crippen LogP contribution in [0.3, 0.4) is 0 Å². The number of ether oxygens (including phenoxy) is 1. The van der Waals surface area contributed by atoms with Crippen LogP contribution >= 0.6 is 15.9 Å². The lowest BCUT2D eigenvalue weighted by molar-refractivity contribution is -0.149. The summed E-state index contributed by atoms with van der Waals surface area (Å²) in [6.45, 7) is 1.95. The van der Waals surface area contributed by atoms with Gasteiger partial charge in [0.2, 0.25) is 5.91 Å². The van der Waals surface area contributed by atoms with Gasteiger partial charge in [-0.2, -0.15) is 0 Å². The van der Waals surface area contributed by atoms with E-state index in [4.69, 9.17) is 9.84 Å². The molecule has 5 nitrogen and oxygen atoms in total. The Hall–Kier alpha value is -1.56. The van der Waals surface area contributed by atoms with Gasteiger partial charge >= 0.3 is 5.97 Å². The number of nitrogens with zero attached hydrogens (tertiary/aromatic N) is 1. The van der Waals surface area contributed by atoms with Crippen LogP contribution in [-0.2, 0) is 9.59 Å². The summed E-state index contributed by atoms with van der Waals surface area (Å²) in [6.07, 6.45) is 0.525. The van der Waals surface area contributed by atoms with Crippen molar-refractivity contribution in [2.45, 2.75) is 25.8 Å². The fourth-order valence-electron chi connectivity index (χ4n) is 1.78. The number of carbonyl (C=O) groups is 2. The second-order valence-corrected chi connectivity index (χ2v) is 5.24. The lowest BCUT2D eigenvalue weighted by atomic mass is 10.2. The molecule has 110 valence electrons. The molecule has 0 saturated heterocycles. The Morgan fingerprint density at radius 1 is 1.45 bits per heavy atom. The van der Waals surface area contributed by atoms with E-state index in [9.17, 15) is 9.59 Å². The van der Waals surface area contributed by atoms with Crippen LogP contribution in [-0.4, -0.2) is 41.6 Å². The lowest BCUT2D eigenvalue weighted by Gasteiger charge is -2.23. The maximum Gasteiger partial charge on any atom is 0.326 e. The summed E-state index contributed by atoms with van der Waals surface area (Å²) >= 11 is 3.33. The van der Waals surface area contributed by atoms with Crippen molar-refractivity contribution in [3.8, 4) is 5.75 Å². The molecule has 0 aromatic heterocycles. The molecule has 6 heteroatoms. The predicted molar refractivity (Wildman–Crippen MR) is 78.7 cm³/mol. The van der Waals surface area contributed by atoms with Crippen LogP contribution in [0, 0.1) is 0 Å². The minimum Gasteiger partial charge on any atom is -0.493 e. The molecule has 1 aromatic rings. The highest BCUT2D eigenvalue weighted by Crippen LogP contribution is 2.17. The molecule has 0 saturated carbocycles. The Morgan fingerprint density at radius 2 is 2.15 bits per heavy atom. The number of carboxylic acids is 1. The number of likely N-dealkylation sites (N-methyl/N-ethyl adjacent to an activating group) is 1. The Kier molecular flexibility index (Phi) is 6.51. The Morgan fingerprint density at radius 3 is 2.70 bits per heavy atom. The number of hydrogen-bond donors (Lipinski definition) is 1. The fourth-order valence-corrected chi connectivity index (χ4v) is 2.16. The van der Waals surface area contributed by atoms with Crippen LogP contribution in [0.15, 0.2) is 28.7 Å². The predicted octanol–water partition coefficient (Wildman–Crippen LogP) is 2.54. The molecule has 0 heterocycles. The van der Waals surface area contributed by atoms with E-state index in [2.05, 4.69) is 15.9 Å². The van der Waals surface area contributed by atoms with Gasteiger partial charge < -0.3 is 14.7 Å². The summed E-state index contributed by atoms with van der Waals surface area (Å²) in [5.74, 6) is -0.564. The second kappa shape index (κ2) is 7.89. The molecule has 1 aromatic carbocycles. The van der Waals surface area contributed by atoms with E-state index in [-0.39, 0.29) is 18.9 Å². The third-order valence-electron chi connectivity index (χ3n) is 2.91. The summed E-state index contributed by atoms with van der Waals surface area (Å²) in [5.41, 5.74) is 0. The number of carboxylic acid groups (broad SMARTS) is 1. The van der Waals surface area contributed by atoms with Gasteiger partial charge in [-0.1, -0.05) is 28.9 Å². The summed E-state index contributed by atoms with van der Waals surface area (Å²) < 4.78 is 6.36. The van der Waals surface area contributed by atoms with Gasteiger partial charge in [0, 0.05) is 11.5 Å². The van der Waals surface area contributed by atoms with E-state index < -0.39 is 12.0 Å². The number of benzene rings is 1. The van der Waals surface area contributed by atoms with Gasteiger partial charge in [-0.15, -0.1) is 0 Å². The zero-order valence-electron chi connectivity index (χ0n) is 11.5. The molecule has 0 bridgehead atoms. The molecule has 1 atom stereocenters. The van der Waals surface area contributed by atoms with E-state index in [1.807, 2.05) is 12.1 Å². The molecule has 1 N–H and O–H groups in total. The number of carbonyl (C=O) groups excluding carboxylic acids is 1. The van der Waals surface area contributed by atoms with E-state index in [1.165, 1.54) is 11.9 Å². The highest BCUT2D eigenvalue weighted by atomic mass is 79.9. The molecular formula is C14H18BrNO4. The van der Waals surface area contributed by atoms with Gasteiger partial charge in [0.25, 0.3) is 0 Å². The van der Waals surface area contributed by atoms with Crippen molar-refractivity contribution in [1.29, 1.82) is 0 Å². The molecule has 0 aliphatic rings. The van der Waals surface area contributed by atoms with Crippen molar-refractivity contribution in [3.63, 3.8) is 0 Å². The van der Waals surface area contributed by atoms with Crippen LogP contribution in [0.25, 0.3) is 0 Å². The first-order valence-electron chi connectivity index (χ1n) is 6.32. The van der Waals surface area contributed by atoms with E-state index in [0.717, 1.165) is 4.47 Å². The van der Waals surface area contributed by atoms with E-state index in [1.54, 1.807) is 19.1 Å². The van der Waals surface area contributed by atoms with Crippen molar-refractivity contribution >= 4 is 27.8 Å². The van der Waals surface area contributed by atoms with Crippen molar-refractivity contribution in [2.24, 2.45) is 0 Å². The van der Waals surface area contributed by atoms with Gasteiger partial charge in [-0.3, -0.25) is 4.79 Å². The second-order valence-electron chi connectivity index (χ2n) is 4.32. The highest BCUT2D eigenvalue weighted by molar-refractivity contribution is 9.10. The van der Waals surface area contributed by atoms with Gasteiger partial charge in [0.05, 0.1) is 13.0 Å². The maximum absolute atomic E-state index is 11.9. The number of amides is 1. The monoisotopic (exact) mass is 343 g/mol. The molecule has 0 aliphatic heterocycles. The smallest absolute Gasteiger partial charge is 0.326 e. The average molecular weight is 344 g/mol. The number of rotatable bonds is 7. The number of hydrogen-bond acceptors (Lipinski definition) is 3. The maximum atomic E-state index is 11.9. The summed E-state index contributed by atoms with van der Waals surface area (Å²) in [5, 5.41) is 9.00. The standard InChI is InChI=1S/C14H18BrNO4/c1-3-12(14(18)19)16(2)13(17)7-8-20-11-6-4-5-10(15)9-11/h4-6,9,12H,3,7-8H2,1-2H3,(H,18,19). The first kappa shape index (κ1) is 16.5. The van der Waals surface area contributed by atoms with Crippen LogP contribution in [0.1, 0.15) is 19.8 Å². The van der Waals surface area contributed by atoms with Gasteiger partial charge in [-0.05, 0) is 24.6 Å². The highest BCUT2D eigenvalue weighted by Gasteiger charge is 2.24. The molecule has 0 spiro atoms. The van der Waals surface area contributed by atoms with E-state index in [0.29, 0.717) is 12.2 Å². The van der Waals surface area contributed by atoms with Crippen molar-refractivity contribution in [1.82, 2.24) is 4.90 Å². The van der Waals surface area contributed by atoms with Crippen LogP contribution in [0.2, 0.25) is 0 Å². The zero-order valence-corrected chi connectivity index (χ0v) is 13.1. The largest absolute Gasteiger partial charge is 0.493 e. The molecule has 0 fully saturated rings. The normalized spacial score (nSPS) is 11.8. The van der Waals surface area contributed by atoms with Crippen molar-refractivity contribution in [2.75, 3.05) is 13.7 Å². The van der Waals surface area contributed by atoms with E-state index >= 15 is 0 Å². The molecule has 1 rings (SSSR count).